The maximum atomic E-state index is 12.7. The molecule has 1 saturated heterocycles. The monoisotopic (exact) mass is 678 g/mol. The number of rotatable bonds is 12. The Morgan fingerprint density at radius 3 is 2.55 bits per heavy atom. The lowest BCUT2D eigenvalue weighted by Gasteiger charge is -2.26. The van der Waals surface area contributed by atoms with Gasteiger partial charge in [0.05, 0.1) is 49.6 Å². The van der Waals surface area contributed by atoms with Crippen molar-refractivity contribution in [3.63, 3.8) is 0 Å². The van der Waals surface area contributed by atoms with E-state index in [0.717, 1.165) is 49.1 Å². The molecule has 0 unspecified atom stereocenters. The Morgan fingerprint density at radius 1 is 1.02 bits per heavy atom. The van der Waals surface area contributed by atoms with E-state index in [0.29, 0.717) is 46.1 Å². The van der Waals surface area contributed by atoms with Crippen LogP contribution in [0.4, 0.5) is 10.5 Å². The van der Waals surface area contributed by atoms with Gasteiger partial charge in [0.1, 0.15) is 11.5 Å². The highest BCUT2D eigenvalue weighted by atomic mass is 35.5. The van der Waals surface area contributed by atoms with E-state index in [2.05, 4.69) is 28.0 Å². The minimum absolute atomic E-state index is 0.188. The fourth-order valence-corrected chi connectivity index (χ4v) is 5.46. The van der Waals surface area contributed by atoms with E-state index in [4.69, 9.17) is 30.5 Å². The summed E-state index contributed by atoms with van der Waals surface area (Å²) in [6.45, 7) is 6.61. The molecule has 0 atom stereocenters. The van der Waals surface area contributed by atoms with Crippen LogP contribution in [0.15, 0.2) is 66.9 Å². The van der Waals surface area contributed by atoms with Crippen molar-refractivity contribution in [1.82, 2.24) is 15.2 Å². The molecular formula is C34H35ClN4O7S. The summed E-state index contributed by atoms with van der Waals surface area (Å²) in [6.07, 6.45) is 2.00. The topological polar surface area (TPSA) is 120 Å². The summed E-state index contributed by atoms with van der Waals surface area (Å²) in [5.74, 6) is 0.760. The Hall–Kier alpha value is -4.36. The van der Waals surface area contributed by atoms with Crippen LogP contribution in [0.2, 0.25) is 5.02 Å². The fourth-order valence-electron chi connectivity index (χ4n) is 5.07. The fraction of sp³-hybridized carbons (Fsp3) is 0.294. The van der Waals surface area contributed by atoms with Gasteiger partial charge in [0.25, 0.3) is 0 Å². The van der Waals surface area contributed by atoms with Crippen LogP contribution in [0.25, 0.3) is 10.9 Å². The average Bonchev–Trinajstić information content (AvgIpc) is 3.07. The van der Waals surface area contributed by atoms with Crippen LogP contribution < -0.4 is 23.8 Å². The number of hydrogen-bond donors (Lipinski definition) is 2. The normalized spacial score (nSPS) is 13.2. The number of thiol groups is 1. The molecule has 2 heterocycles. The number of hydrogen-bond acceptors (Lipinski definition) is 10. The highest BCUT2D eigenvalue weighted by molar-refractivity contribution is 7.82. The van der Waals surface area contributed by atoms with Crippen molar-refractivity contribution in [2.75, 3.05) is 50.9 Å². The third-order valence-electron chi connectivity index (χ3n) is 7.55. The number of carbonyl (C=O) groups excluding carboxylic acids is 3. The number of imide groups is 1. The third kappa shape index (κ3) is 8.72. The first-order chi connectivity index (χ1) is 22.7. The van der Waals surface area contributed by atoms with Crippen LogP contribution in [0, 0.1) is 6.92 Å². The van der Waals surface area contributed by atoms with Crippen molar-refractivity contribution in [2.45, 2.75) is 19.8 Å². The zero-order chi connectivity index (χ0) is 33.3. The molecule has 0 aliphatic carbocycles. The Kier molecular flexibility index (Phi) is 11.5. The number of fused-ring (bicyclic) bond motifs is 1. The van der Waals surface area contributed by atoms with E-state index in [9.17, 15) is 14.4 Å². The molecule has 11 nitrogen and oxygen atoms in total. The van der Waals surface area contributed by atoms with E-state index in [1.807, 2.05) is 6.07 Å². The second-order valence-corrected chi connectivity index (χ2v) is 11.6. The number of amides is 3. The van der Waals surface area contributed by atoms with Gasteiger partial charge >= 0.3 is 6.03 Å². The summed E-state index contributed by atoms with van der Waals surface area (Å²) in [5, 5.41) is 3.05. The lowest BCUT2D eigenvalue weighted by molar-refractivity contribution is -0.119. The molecule has 5 rings (SSSR count). The Bertz CT molecular complexity index is 1770. The standard InChI is InChI=1S/C34H35ClN4O7S/c1-22-6-3-4-7-24(22)28(40)21-33(41)37-34(42)39(47)23-8-9-30(26(35)18-23)46-29-10-11-36-27-20-32(31(43-2)19-25(27)29)45-15-5-12-38-13-16-44-17-14-38/h3-4,6-11,18-20,47H,5,12-17,21H2,1-2H3,(H,37,41,42). The lowest BCUT2D eigenvalue weighted by Crippen LogP contribution is -2.39. The minimum atomic E-state index is -0.841. The van der Waals surface area contributed by atoms with Crippen LogP contribution in [0.1, 0.15) is 28.8 Å². The molecule has 47 heavy (non-hydrogen) atoms. The van der Waals surface area contributed by atoms with E-state index in [-0.39, 0.29) is 10.7 Å². The van der Waals surface area contributed by atoms with Crippen molar-refractivity contribution >= 4 is 58.7 Å². The number of ketones is 1. The van der Waals surface area contributed by atoms with Gasteiger partial charge in [-0.05, 0) is 49.2 Å². The summed E-state index contributed by atoms with van der Waals surface area (Å²) >= 11 is 10.8. The number of methoxy groups -OCH3 is 1. The van der Waals surface area contributed by atoms with Crippen LogP contribution in [-0.4, -0.2) is 74.2 Å². The summed E-state index contributed by atoms with van der Waals surface area (Å²) in [6, 6.07) is 16.0. The van der Waals surface area contributed by atoms with Gasteiger partial charge in [-0.25, -0.2) is 9.10 Å². The molecule has 1 aliphatic heterocycles. The van der Waals surface area contributed by atoms with Gasteiger partial charge in [-0.15, -0.1) is 0 Å². The second-order valence-electron chi connectivity index (χ2n) is 10.8. The van der Waals surface area contributed by atoms with Crippen LogP contribution in [-0.2, 0) is 9.53 Å². The van der Waals surface area contributed by atoms with Crippen LogP contribution >= 0.6 is 24.4 Å². The molecule has 13 heteroatoms. The van der Waals surface area contributed by atoms with Crippen molar-refractivity contribution in [2.24, 2.45) is 0 Å². The number of aromatic nitrogens is 1. The van der Waals surface area contributed by atoms with Crippen molar-refractivity contribution in [3.05, 3.63) is 83.0 Å². The number of carbonyl (C=O) groups is 3. The first kappa shape index (κ1) is 34.0. The highest BCUT2D eigenvalue weighted by Gasteiger charge is 2.21. The molecule has 3 amide bonds. The van der Waals surface area contributed by atoms with Gasteiger partial charge in [-0.3, -0.25) is 24.8 Å². The molecule has 0 saturated carbocycles. The minimum Gasteiger partial charge on any atom is -0.493 e. The SMILES string of the molecule is COc1cc2c(Oc3ccc(N(S)C(=O)NC(=O)CC(=O)c4ccccc4C)cc3Cl)ccnc2cc1OCCCN1CCOCC1. The molecule has 0 radical (unpaired) electrons. The summed E-state index contributed by atoms with van der Waals surface area (Å²) < 4.78 is 24.2. The maximum Gasteiger partial charge on any atom is 0.338 e. The summed E-state index contributed by atoms with van der Waals surface area (Å²) in [4.78, 5) is 44.5. The predicted molar refractivity (Wildman–Crippen MR) is 182 cm³/mol. The van der Waals surface area contributed by atoms with E-state index >= 15 is 0 Å². The van der Waals surface area contributed by atoms with Gasteiger partial charge in [0.15, 0.2) is 17.3 Å². The quantitative estimate of drug-likeness (QED) is 0.0775. The molecule has 1 aromatic heterocycles. The maximum absolute atomic E-state index is 12.7. The molecule has 1 aliphatic rings. The predicted octanol–water partition coefficient (Wildman–Crippen LogP) is 6.26. The number of morpholine rings is 1. The second kappa shape index (κ2) is 16.0. The molecule has 246 valence electrons. The van der Waals surface area contributed by atoms with Gasteiger partial charge in [0, 0.05) is 42.8 Å². The number of nitrogens with zero attached hydrogens (tertiary/aromatic N) is 3. The Morgan fingerprint density at radius 2 is 1.81 bits per heavy atom. The van der Waals surface area contributed by atoms with Gasteiger partial charge in [-0.1, -0.05) is 48.7 Å². The van der Waals surface area contributed by atoms with Gasteiger partial charge in [-0.2, -0.15) is 0 Å². The zero-order valence-electron chi connectivity index (χ0n) is 26.0. The number of nitrogens with one attached hydrogen (secondary N) is 1. The van der Waals surface area contributed by atoms with E-state index in [1.54, 1.807) is 68.8 Å². The number of halogens is 1. The summed E-state index contributed by atoms with van der Waals surface area (Å²) in [5.41, 5.74) is 2.08. The molecule has 1 N–H and O–H groups in total. The van der Waals surface area contributed by atoms with E-state index < -0.39 is 24.1 Å². The molecule has 0 bridgehead atoms. The molecule has 4 aromatic rings. The van der Waals surface area contributed by atoms with Gasteiger partial charge in [0.2, 0.25) is 5.91 Å². The number of aryl methyl sites for hydroxylation is 1. The van der Waals surface area contributed by atoms with Gasteiger partial charge < -0.3 is 18.9 Å². The van der Waals surface area contributed by atoms with E-state index in [1.165, 1.54) is 6.07 Å². The first-order valence-corrected chi connectivity index (χ1v) is 15.8. The molecule has 0 spiro atoms. The number of pyridine rings is 1. The number of benzene rings is 3. The lowest BCUT2D eigenvalue weighted by atomic mass is 10.0. The van der Waals surface area contributed by atoms with Crippen molar-refractivity contribution < 1.29 is 33.3 Å². The number of ether oxygens (including phenoxy) is 4. The number of anilines is 1. The van der Waals surface area contributed by atoms with Crippen LogP contribution in [0.5, 0.6) is 23.0 Å². The van der Waals surface area contributed by atoms with Crippen LogP contribution in [0.3, 0.4) is 0 Å². The zero-order valence-corrected chi connectivity index (χ0v) is 27.7. The number of urea groups is 1. The first-order valence-electron chi connectivity index (χ1n) is 15.0. The molecule has 1 fully saturated rings. The summed E-state index contributed by atoms with van der Waals surface area (Å²) in [7, 11) is 1.57. The molecular weight excluding hydrogens is 644 g/mol. The smallest absolute Gasteiger partial charge is 0.338 e. The largest absolute Gasteiger partial charge is 0.493 e. The molecule has 3 aromatic carbocycles. The van der Waals surface area contributed by atoms with Crippen molar-refractivity contribution in [3.8, 4) is 23.0 Å². The highest BCUT2D eigenvalue weighted by Crippen LogP contribution is 2.39. The van der Waals surface area contributed by atoms with Crippen molar-refractivity contribution in [1.29, 1.82) is 0 Å². The number of Topliss-reactive ketones (excluding diaryl/α,β-unsaturated/α-hetero) is 1. The Balaban J connectivity index is 1.22. The average molecular weight is 679 g/mol. The third-order valence-corrected chi connectivity index (χ3v) is 8.26. The Labute approximate surface area is 283 Å².